The number of fused-ring (bicyclic) bond motifs is 1. The number of pyridine rings is 1. The zero-order chi connectivity index (χ0) is 14.8. The second-order valence-corrected chi connectivity index (χ2v) is 5.59. The van der Waals surface area contributed by atoms with Crippen molar-refractivity contribution in [3.05, 3.63) is 35.7 Å². The van der Waals surface area contributed by atoms with E-state index in [0.717, 1.165) is 23.4 Å². The molecule has 0 saturated heterocycles. The first-order chi connectivity index (χ1) is 10.2. The van der Waals surface area contributed by atoms with Crippen molar-refractivity contribution in [2.24, 2.45) is 10.1 Å². The highest BCUT2D eigenvalue weighted by Gasteiger charge is 2.35. The Labute approximate surface area is 126 Å². The summed E-state index contributed by atoms with van der Waals surface area (Å²) in [5.41, 5.74) is 0.989. The molecule has 1 aromatic rings. The lowest BCUT2D eigenvalue weighted by atomic mass is 10.1. The summed E-state index contributed by atoms with van der Waals surface area (Å²) < 4.78 is 0. The number of aromatic nitrogens is 1. The summed E-state index contributed by atoms with van der Waals surface area (Å²) in [5, 5.41) is 15.3. The monoisotopic (exact) mass is 299 g/mol. The van der Waals surface area contributed by atoms with E-state index in [2.05, 4.69) is 22.0 Å². The van der Waals surface area contributed by atoms with Crippen molar-refractivity contribution in [1.29, 1.82) is 5.41 Å². The molecule has 0 aliphatic carbocycles. The standard InChI is InChI=1S/C14H13N5OS/c1-2-4-11-18-19-12(15)10(13(20)17-14(19)21-11)7-9-5-3-6-16-8-9/h3,5-8,15H,2,4H2,1H3/b10-7-,15-12?. The predicted octanol–water partition coefficient (Wildman–Crippen LogP) is 2.50. The minimum atomic E-state index is -0.407. The summed E-state index contributed by atoms with van der Waals surface area (Å²) >= 11 is 1.36. The first kappa shape index (κ1) is 13.7. The average molecular weight is 299 g/mol. The fourth-order valence-corrected chi connectivity index (χ4v) is 2.96. The average Bonchev–Trinajstić information content (AvgIpc) is 2.88. The lowest BCUT2D eigenvalue weighted by Crippen LogP contribution is -2.35. The predicted molar refractivity (Wildman–Crippen MR) is 84.2 cm³/mol. The largest absolute Gasteiger partial charge is 0.283 e. The number of aliphatic imine (C=N–C) groups is 1. The van der Waals surface area contributed by atoms with Crippen molar-refractivity contribution in [1.82, 2.24) is 9.99 Å². The van der Waals surface area contributed by atoms with Crippen molar-refractivity contribution in [3.63, 3.8) is 0 Å². The second-order valence-electron chi connectivity index (χ2n) is 4.55. The molecule has 0 bridgehead atoms. The molecule has 0 saturated carbocycles. The van der Waals surface area contributed by atoms with Crippen LogP contribution in [0.5, 0.6) is 0 Å². The van der Waals surface area contributed by atoms with Gasteiger partial charge in [-0.1, -0.05) is 13.0 Å². The summed E-state index contributed by atoms with van der Waals surface area (Å²) in [7, 11) is 0. The van der Waals surface area contributed by atoms with Gasteiger partial charge in [-0.25, -0.2) is 0 Å². The van der Waals surface area contributed by atoms with E-state index in [1.165, 1.54) is 16.8 Å². The lowest BCUT2D eigenvalue weighted by Gasteiger charge is -2.20. The molecule has 7 heteroatoms. The summed E-state index contributed by atoms with van der Waals surface area (Å²) in [4.78, 5) is 20.1. The van der Waals surface area contributed by atoms with Crippen LogP contribution in [0, 0.1) is 5.41 Å². The quantitative estimate of drug-likeness (QED) is 0.869. The molecule has 1 N–H and O–H groups in total. The van der Waals surface area contributed by atoms with E-state index in [1.54, 1.807) is 24.5 Å². The van der Waals surface area contributed by atoms with Gasteiger partial charge in [-0.2, -0.15) is 15.1 Å². The van der Waals surface area contributed by atoms with Crippen LogP contribution < -0.4 is 0 Å². The van der Waals surface area contributed by atoms with Crippen LogP contribution in [0.2, 0.25) is 0 Å². The topological polar surface area (TPSA) is 81.8 Å². The van der Waals surface area contributed by atoms with Crippen molar-refractivity contribution < 1.29 is 4.79 Å². The normalized spacial score (nSPS) is 19.7. The van der Waals surface area contributed by atoms with Crippen LogP contribution in [0.25, 0.3) is 6.08 Å². The van der Waals surface area contributed by atoms with Gasteiger partial charge in [0, 0.05) is 12.4 Å². The van der Waals surface area contributed by atoms with Crippen molar-refractivity contribution in [2.45, 2.75) is 19.8 Å². The van der Waals surface area contributed by atoms with Gasteiger partial charge in [0.2, 0.25) is 5.17 Å². The number of amidine groups is 2. The smallest absolute Gasteiger partial charge is 0.282 e. The molecule has 0 aromatic carbocycles. The highest BCUT2D eigenvalue weighted by molar-refractivity contribution is 8.26. The Morgan fingerprint density at radius 3 is 3.05 bits per heavy atom. The SMILES string of the molecule is CCCC1=NN2C(=N)/C(=C/c3cccnc3)C(=O)N=C2S1. The Morgan fingerprint density at radius 2 is 2.33 bits per heavy atom. The molecule has 2 aliphatic heterocycles. The maximum Gasteiger partial charge on any atom is 0.283 e. The van der Waals surface area contributed by atoms with E-state index in [0.29, 0.717) is 5.17 Å². The third kappa shape index (κ3) is 2.64. The Kier molecular flexibility index (Phi) is 3.66. The fourth-order valence-electron chi connectivity index (χ4n) is 1.97. The molecule has 0 atom stereocenters. The molecule has 0 unspecified atom stereocenters. The lowest BCUT2D eigenvalue weighted by molar-refractivity contribution is -0.114. The van der Waals surface area contributed by atoms with Crippen molar-refractivity contribution in [3.8, 4) is 0 Å². The van der Waals surface area contributed by atoms with E-state index >= 15 is 0 Å². The number of nitrogens with zero attached hydrogens (tertiary/aromatic N) is 4. The van der Waals surface area contributed by atoms with Gasteiger partial charge in [-0.3, -0.25) is 15.2 Å². The van der Waals surface area contributed by atoms with E-state index in [4.69, 9.17) is 5.41 Å². The Morgan fingerprint density at radius 1 is 1.48 bits per heavy atom. The summed E-state index contributed by atoms with van der Waals surface area (Å²) in [6.45, 7) is 2.06. The Bertz CT molecular complexity index is 693. The zero-order valence-electron chi connectivity index (χ0n) is 11.4. The second kappa shape index (κ2) is 5.61. The zero-order valence-corrected chi connectivity index (χ0v) is 12.2. The fraction of sp³-hybridized carbons (Fsp3) is 0.214. The van der Waals surface area contributed by atoms with Crippen LogP contribution in [0.3, 0.4) is 0 Å². The number of hydrogen-bond acceptors (Lipinski definition) is 5. The summed E-state index contributed by atoms with van der Waals surface area (Å²) in [6, 6.07) is 3.60. The highest BCUT2D eigenvalue weighted by Crippen LogP contribution is 2.29. The molecule has 3 rings (SSSR count). The molecule has 6 nitrogen and oxygen atoms in total. The van der Waals surface area contributed by atoms with Crippen LogP contribution in [0.1, 0.15) is 25.3 Å². The minimum Gasteiger partial charge on any atom is -0.282 e. The van der Waals surface area contributed by atoms with Crippen LogP contribution in [0.15, 0.2) is 40.2 Å². The van der Waals surface area contributed by atoms with Crippen LogP contribution >= 0.6 is 11.8 Å². The number of amides is 1. The van der Waals surface area contributed by atoms with E-state index in [9.17, 15) is 4.79 Å². The molecule has 1 amide bonds. The number of carbonyl (C=O) groups excluding carboxylic acids is 1. The molecule has 3 heterocycles. The first-order valence-electron chi connectivity index (χ1n) is 6.58. The van der Waals surface area contributed by atoms with Gasteiger partial charge >= 0.3 is 0 Å². The molecule has 2 aliphatic rings. The van der Waals surface area contributed by atoms with Gasteiger partial charge in [-0.05, 0) is 42.3 Å². The summed E-state index contributed by atoms with van der Waals surface area (Å²) in [6.07, 6.45) is 6.70. The third-order valence-electron chi connectivity index (χ3n) is 2.96. The van der Waals surface area contributed by atoms with E-state index in [-0.39, 0.29) is 11.4 Å². The number of thioether (sulfide) groups is 1. The van der Waals surface area contributed by atoms with Gasteiger partial charge < -0.3 is 0 Å². The number of nitrogens with one attached hydrogen (secondary N) is 1. The van der Waals surface area contributed by atoms with Crippen LogP contribution in [-0.4, -0.2) is 31.9 Å². The van der Waals surface area contributed by atoms with Gasteiger partial charge in [-0.15, -0.1) is 0 Å². The van der Waals surface area contributed by atoms with Crippen LogP contribution in [-0.2, 0) is 4.79 Å². The van der Waals surface area contributed by atoms with E-state index < -0.39 is 5.91 Å². The first-order valence-corrected chi connectivity index (χ1v) is 7.40. The molecule has 0 spiro atoms. The molecule has 0 radical (unpaired) electrons. The maximum absolute atomic E-state index is 12.1. The van der Waals surface area contributed by atoms with Crippen molar-refractivity contribution in [2.75, 3.05) is 0 Å². The molecule has 21 heavy (non-hydrogen) atoms. The minimum absolute atomic E-state index is 0.0625. The van der Waals surface area contributed by atoms with Gasteiger partial charge in [0.25, 0.3) is 5.91 Å². The highest BCUT2D eigenvalue weighted by atomic mass is 32.2. The summed E-state index contributed by atoms with van der Waals surface area (Å²) in [5.74, 6) is -0.344. The molecule has 0 fully saturated rings. The number of rotatable bonds is 3. The molecular formula is C14H13N5OS. The number of hydrazone groups is 1. The van der Waals surface area contributed by atoms with Crippen LogP contribution in [0.4, 0.5) is 0 Å². The Hall–Kier alpha value is -2.28. The molecule has 106 valence electrons. The van der Waals surface area contributed by atoms with E-state index in [1.807, 2.05) is 6.07 Å². The molecule has 1 aromatic heterocycles. The number of hydrogen-bond donors (Lipinski definition) is 1. The van der Waals surface area contributed by atoms with Gasteiger partial charge in [0.05, 0.1) is 5.57 Å². The van der Waals surface area contributed by atoms with Gasteiger partial charge in [0.1, 0.15) is 5.04 Å². The van der Waals surface area contributed by atoms with Crippen molar-refractivity contribution >= 4 is 39.8 Å². The third-order valence-corrected chi connectivity index (χ3v) is 3.92. The maximum atomic E-state index is 12.1. The Balaban J connectivity index is 1.94. The van der Waals surface area contributed by atoms with Gasteiger partial charge in [0.15, 0.2) is 5.84 Å². The molecular weight excluding hydrogens is 286 g/mol. The number of carbonyl (C=O) groups is 1.